The minimum Gasteiger partial charge on any atom is -0.389 e. The molecule has 23 heavy (non-hydrogen) atoms. The molecule has 2 aromatic carbocycles. The summed E-state index contributed by atoms with van der Waals surface area (Å²) in [5.41, 5.74) is 2.14. The molecule has 0 aliphatic heterocycles. The summed E-state index contributed by atoms with van der Waals surface area (Å²) in [6, 6.07) is 17.8. The summed E-state index contributed by atoms with van der Waals surface area (Å²) in [4.78, 5) is 0. The monoisotopic (exact) mass is 348 g/mol. The highest BCUT2D eigenvalue weighted by molar-refractivity contribution is 7.59. The molecule has 0 amide bonds. The van der Waals surface area contributed by atoms with Gasteiger partial charge < -0.3 is 15.0 Å². The number of likely N-dealkylation sites (N-methyl/N-ethyl adjacent to an activating group) is 1. The SMILES string of the molecule is CNC[C@@H](O)[C@H](c1ccc(Cl)cc1)n1ccc2ccccc21.S. The van der Waals surface area contributed by atoms with Gasteiger partial charge in [0.05, 0.1) is 12.1 Å². The Labute approximate surface area is 148 Å². The second-order valence-electron chi connectivity index (χ2n) is 5.40. The number of hydrogen-bond donors (Lipinski definition) is 2. The van der Waals surface area contributed by atoms with Crippen LogP contribution in [0.25, 0.3) is 10.9 Å². The zero-order chi connectivity index (χ0) is 15.5. The van der Waals surface area contributed by atoms with E-state index in [4.69, 9.17) is 11.6 Å². The van der Waals surface area contributed by atoms with Gasteiger partial charge in [0.25, 0.3) is 0 Å². The Morgan fingerprint density at radius 3 is 2.48 bits per heavy atom. The number of benzene rings is 2. The van der Waals surface area contributed by atoms with Crippen LogP contribution in [0, 0.1) is 0 Å². The van der Waals surface area contributed by atoms with E-state index in [2.05, 4.69) is 28.1 Å². The molecule has 0 bridgehead atoms. The van der Waals surface area contributed by atoms with E-state index < -0.39 is 6.10 Å². The van der Waals surface area contributed by atoms with E-state index in [0.717, 1.165) is 16.5 Å². The topological polar surface area (TPSA) is 37.2 Å². The van der Waals surface area contributed by atoms with Crippen molar-refractivity contribution in [3.63, 3.8) is 0 Å². The Hall–Kier alpha value is -1.46. The third-order valence-electron chi connectivity index (χ3n) is 3.92. The molecular weight excluding hydrogens is 328 g/mol. The fourth-order valence-corrected chi connectivity index (χ4v) is 3.02. The lowest BCUT2D eigenvalue weighted by Gasteiger charge is -2.26. The molecule has 2 atom stereocenters. The van der Waals surface area contributed by atoms with Crippen molar-refractivity contribution in [3.8, 4) is 0 Å². The van der Waals surface area contributed by atoms with Gasteiger partial charge in [-0.15, -0.1) is 0 Å². The molecule has 5 heteroatoms. The van der Waals surface area contributed by atoms with E-state index in [-0.39, 0.29) is 19.5 Å². The average Bonchev–Trinajstić information content (AvgIpc) is 2.94. The van der Waals surface area contributed by atoms with Crippen LogP contribution in [0.15, 0.2) is 60.8 Å². The number of aliphatic hydroxyl groups is 1. The fourth-order valence-electron chi connectivity index (χ4n) is 2.90. The lowest BCUT2D eigenvalue weighted by atomic mass is 10.0. The summed E-state index contributed by atoms with van der Waals surface area (Å²) >= 11 is 6.00. The molecule has 0 aliphatic carbocycles. The van der Waals surface area contributed by atoms with E-state index in [1.165, 1.54) is 0 Å². The summed E-state index contributed by atoms with van der Waals surface area (Å²) in [5.74, 6) is 0. The molecule has 0 aliphatic rings. The first-order valence-electron chi connectivity index (χ1n) is 7.34. The van der Waals surface area contributed by atoms with Gasteiger partial charge in [-0.2, -0.15) is 13.5 Å². The second kappa shape index (κ2) is 7.88. The zero-order valence-electron chi connectivity index (χ0n) is 12.9. The summed E-state index contributed by atoms with van der Waals surface area (Å²) in [7, 11) is 1.84. The van der Waals surface area contributed by atoms with Crippen molar-refractivity contribution >= 4 is 36.0 Å². The second-order valence-corrected chi connectivity index (χ2v) is 5.84. The standard InChI is InChI=1S/C18H19ClN2O.H2S/c1-20-12-17(22)18(14-6-8-15(19)9-7-14)21-11-10-13-4-2-3-5-16(13)21;/h2-11,17-18,20,22H,12H2,1H3;1H2/t17-,18+;/m1./s1. The highest BCUT2D eigenvalue weighted by atomic mass is 35.5. The number of nitrogens with zero attached hydrogens (tertiary/aromatic N) is 1. The van der Waals surface area contributed by atoms with Gasteiger partial charge in [-0.25, -0.2) is 0 Å². The van der Waals surface area contributed by atoms with E-state index in [9.17, 15) is 5.11 Å². The Balaban J connectivity index is 0.00000192. The van der Waals surface area contributed by atoms with Gasteiger partial charge in [0.1, 0.15) is 0 Å². The molecule has 3 rings (SSSR count). The average molecular weight is 349 g/mol. The lowest BCUT2D eigenvalue weighted by molar-refractivity contribution is 0.132. The maximum absolute atomic E-state index is 10.6. The maximum Gasteiger partial charge on any atom is 0.0912 e. The van der Waals surface area contributed by atoms with Crippen molar-refractivity contribution in [2.24, 2.45) is 0 Å². The molecule has 1 aromatic heterocycles. The van der Waals surface area contributed by atoms with Gasteiger partial charge in [-0.3, -0.25) is 0 Å². The highest BCUT2D eigenvalue weighted by Gasteiger charge is 2.23. The van der Waals surface area contributed by atoms with Crippen LogP contribution >= 0.6 is 25.1 Å². The Bertz CT molecular complexity index is 757. The Morgan fingerprint density at radius 2 is 1.78 bits per heavy atom. The molecule has 0 radical (unpaired) electrons. The highest BCUT2D eigenvalue weighted by Crippen LogP contribution is 2.28. The fraction of sp³-hybridized carbons (Fsp3) is 0.222. The van der Waals surface area contributed by atoms with Crippen LogP contribution in [-0.4, -0.2) is 29.4 Å². The van der Waals surface area contributed by atoms with Crippen LogP contribution in [0.3, 0.4) is 0 Å². The van der Waals surface area contributed by atoms with E-state index in [0.29, 0.717) is 11.6 Å². The van der Waals surface area contributed by atoms with Crippen LogP contribution in [0.1, 0.15) is 11.6 Å². The molecule has 0 fully saturated rings. The number of aromatic nitrogens is 1. The van der Waals surface area contributed by atoms with Crippen molar-refractivity contribution in [1.29, 1.82) is 0 Å². The summed E-state index contributed by atoms with van der Waals surface area (Å²) in [6.07, 6.45) is 1.49. The van der Waals surface area contributed by atoms with Gasteiger partial charge in [0, 0.05) is 23.3 Å². The van der Waals surface area contributed by atoms with Crippen LogP contribution in [0.4, 0.5) is 0 Å². The molecule has 0 spiro atoms. The predicted molar refractivity (Wildman–Crippen MR) is 102 cm³/mol. The molecule has 3 aromatic rings. The number of nitrogens with one attached hydrogen (secondary N) is 1. The number of hydrogen-bond acceptors (Lipinski definition) is 2. The third-order valence-corrected chi connectivity index (χ3v) is 4.17. The lowest BCUT2D eigenvalue weighted by Crippen LogP contribution is -2.33. The van der Waals surface area contributed by atoms with Gasteiger partial charge in [-0.1, -0.05) is 41.9 Å². The molecule has 1 heterocycles. The third kappa shape index (κ3) is 3.72. The summed E-state index contributed by atoms with van der Waals surface area (Å²) in [5, 5.41) is 15.6. The van der Waals surface area contributed by atoms with E-state index in [1.54, 1.807) is 0 Å². The van der Waals surface area contributed by atoms with Crippen LogP contribution < -0.4 is 5.32 Å². The molecule has 3 nitrogen and oxygen atoms in total. The van der Waals surface area contributed by atoms with Crippen molar-refractivity contribution in [2.75, 3.05) is 13.6 Å². The zero-order valence-corrected chi connectivity index (χ0v) is 14.7. The minimum absolute atomic E-state index is 0. The minimum atomic E-state index is -0.540. The van der Waals surface area contributed by atoms with Gasteiger partial charge in [-0.05, 0) is 42.3 Å². The predicted octanol–water partition coefficient (Wildman–Crippen LogP) is 3.58. The number of para-hydroxylation sites is 1. The molecule has 122 valence electrons. The first-order valence-corrected chi connectivity index (χ1v) is 7.72. The molecule has 0 saturated heterocycles. The Morgan fingerprint density at radius 1 is 1.09 bits per heavy atom. The van der Waals surface area contributed by atoms with E-state index in [1.807, 2.05) is 49.6 Å². The molecule has 2 N–H and O–H groups in total. The molecular formula is C18H21ClN2OS. The van der Waals surface area contributed by atoms with Gasteiger partial charge >= 0.3 is 0 Å². The van der Waals surface area contributed by atoms with Crippen molar-refractivity contribution in [3.05, 3.63) is 71.4 Å². The maximum atomic E-state index is 10.6. The summed E-state index contributed by atoms with van der Waals surface area (Å²) in [6.45, 7) is 0.514. The van der Waals surface area contributed by atoms with E-state index >= 15 is 0 Å². The largest absolute Gasteiger partial charge is 0.389 e. The van der Waals surface area contributed by atoms with Gasteiger partial charge in [0.2, 0.25) is 0 Å². The number of rotatable bonds is 5. The number of fused-ring (bicyclic) bond motifs is 1. The quantitative estimate of drug-likeness (QED) is 0.739. The molecule has 0 unspecified atom stereocenters. The smallest absolute Gasteiger partial charge is 0.0912 e. The van der Waals surface area contributed by atoms with Crippen LogP contribution in [-0.2, 0) is 0 Å². The first-order chi connectivity index (χ1) is 10.7. The molecule has 0 saturated carbocycles. The van der Waals surface area contributed by atoms with Crippen molar-refractivity contribution in [2.45, 2.75) is 12.1 Å². The normalized spacial score (nSPS) is 13.5. The number of halogens is 1. The first kappa shape index (κ1) is 17.9. The van der Waals surface area contributed by atoms with Crippen molar-refractivity contribution in [1.82, 2.24) is 9.88 Å². The number of aliphatic hydroxyl groups excluding tert-OH is 1. The van der Waals surface area contributed by atoms with Crippen LogP contribution in [0.5, 0.6) is 0 Å². The Kier molecular flexibility index (Phi) is 6.13. The summed E-state index contributed by atoms with van der Waals surface area (Å²) < 4.78 is 2.13. The van der Waals surface area contributed by atoms with Gasteiger partial charge in [0.15, 0.2) is 0 Å². The van der Waals surface area contributed by atoms with Crippen LogP contribution in [0.2, 0.25) is 5.02 Å². The van der Waals surface area contributed by atoms with Crippen molar-refractivity contribution < 1.29 is 5.11 Å².